The molecule has 1 aromatic carbocycles. The number of hydrogen-bond acceptors (Lipinski definition) is 2. The molecule has 3 nitrogen and oxygen atoms in total. The maximum Gasteiger partial charge on any atom is 0.334 e. The highest BCUT2D eigenvalue weighted by Crippen LogP contribution is 2.35. The summed E-state index contributed by atoms with van der Waals surface area (Å²) in [4.78, 5) is 10.9. The quantitative estimate of drug-likeness (QED) is 0.899. The fourth-order valence-corrected chi connectivity index (χ4v) is 1.54. The van der Waals surface area contributed by atoms with E-state index in [0.29, 0.717) is 11.4 Å². The van der Waals surface area contributed by atoms with Crippen molar-refractivity contribution in [2.45, 2.75) is 18.4 Å². The van der Waals surface area contributed by atoms with Gasteiger partial charge < -0.3 is 10.8 Å². The number of alkyl halides is 2. The molecule has 0 aliphatic heterocycles. The SMILES string of the molecule is CC(F)(F)C(N)(C(=O)O)c1ccc(Br)cc1. The van der Waals surface area contributed by atoms with Gasteiger partial charge in [0, 0.05) is 11.4 Å². The van der Waals surface area contributed by atoms with Crippen LogP contribution in [0, 0.1) is 0 Å². The van der Waals surface area contributed by atoms with Gasteiger partial charge in [-0.05, 0) is 17.7 Å². The van der Waals surface area contributed by atoms with E-state index in [-0.39, 0.29) is 5.56 Å². The van der Waals surface area contributed by atoms with Crippen LogP contribution in [0.3, 0.4) is 0 Å². The molecule has 0 heterocycles. The highest BCUT2D eigenvalue weighted by Gasteiger charge is 2.54. The summed E-state index contributed by atoms with van der Waals surface area (Å²) in [5.41, 5.74) is 2.47. The van der Waals surface area contributed by atoms with Crippen molar-refractivity contribution in [3.8, 4) is 0 Å². The van der Waals surface area contributed by atoms with Gasteiger partial charge in [0.05, 0.1) is 0 Å². The second-order valence-corrected chi connectivity index (χ2v) is 4.42. The van der Waals surface area contributed by atoms with Gasteiger partial charge in [-0.2, -0.15) is 0 Å². The molecule has 1 aromatic rings. The largest absolute Gasteiger partial charge is 0.479 e. The van der Waals surface area contributed by atoms with Gasteiger partial charge in [0.1, 0.15) is 0 Å². The molecule has 0 aliphatic carbocycles. The van der Waals surface area contributed by atoms with E-state index in [4.69, 9.17) is 10.8 Å². The average molecular weight is 294 g/mol. The molecule has 1 unspecified atom stereocenters. The first-order chi connectivity index (χ1) is 7.19. The summed E-state index contributed by atoms with van der Waals surface area (Å²) in [7, 11) is 0. The van der Waals surface area contributed by atoms with E-state index >= 15 is 0 Å². The van der Waals surface area contributed by atoms with Crippen LogP contribution in [0.25, 0.3) is 0 Å². The highest BCUT2D eigenvalue weighted by molar-refractivity contribution is 9.10. The van der Waals surface area contributed by atoms with Crippen LogP contribution in [0.2, 0.25) is 0 Å². The summed E-state index contributed by atoms with van der Waals surface area (Å²) >= 11 is 3.12. The van der Waals surface area contributed by atoms with Crippen LogP contribution in [0.1, 0.15) is 12.5 Å². The molecule has 0 aromatic heterocycles. The van der Waals surface area contributed by atoms with Gasteiger partial charge in [0.25, 0.3) is 5.92 Å². The van der Waals surface area contributed by atoms with Gasteiger partial charge in [-0.15, -0.1) is 0 Å². The number of hydrogen-bond donors (Lipinski definition) is 2. The second kappa shape index (κ2) is 4.10. The van der Waals surface area contributed by atoms with Crippen molar-refractivity contribution >= 4 is 21.9 Å². The Morgan fingerprint density at radius 1 is 1.38 bits per heavy atom. The van der Waals surface area contributed by atoms with E-state index in [0.717, 1.165) is 0 Å². The van der Waals surface area contributed by atoms with Crippen LogP contribution in [0.4, 0.5) is 8.78 Å². The van der Waals surface area contributed by atoms with Gasteiger partial charge in [0.2, 0.25) is 5.54 Å². The molecule has 0 bridgehead atoms. The summed E-state index contributed by atoms with van der Waals surface area (Å²) in [5.74, 6) is -5.32. The van der Waals surface area contributed by atoms with Crippen LogP contribution in [0.5, 0.6) is 0 Å². The first-order valence-corrected chi connectivity index (χ1v) is 5.15. The summed E-state index contributed by atoms with van der Waals surface area (Å²) < 4.78 is 27.2. The van der Waals surface area contributed by atoms with Gasteiger partial charge in [-0.1, -0.05) is 28.1 Å². The van der Waals surface area contributed by atoms with E-state index in [2.05, 4.69) is 15.9 Å². The number of halogens is 3. The molecule has 3 N–H and O–H groups in total. The molecule has 0 aliphatic rings. The predicted molar refractivity (Wildman–Crippen MR) is 58.3 cm³/mol. The van der Waals surface area contributed by atoms with Gasteiger partial charge in [0.15, 0.2) is 0 Å². The number of carbonyl (C=O) groups is 1. The molecule has 88 valence electrons. The average Bonchev–Trinajstić information content (AvgIpc) is 2.15. The summed E-state index contributed by atoms with van der Waals surface area (Å²) in [5, 5.41) is 8.87. The molecule has 0 amide bonds. The molecular formula is C10H10BrF2NO2. The monoisotopic (exact) mass is 293 g/mol. The number of carboxylic acid groups (broad SMARTS) is 1. The minimum absolute atomic E-state index is 0.143. The van der Waals surface area contributed by atoms with Crippen molar-refractivity contribution in [2.75, 3.05) is 0 Å². The lowest BCUT2D eigenvalue weighted by molar-refractivity contribution is -0.160. The Hall–Kier alpha value is -1.01. The van der Waals surface area contributed by atoms with Crippen molar-refractivity contribution in [3.63, 3.8) is 0 Å². The zero-order valence-corrected chi connectivity index (χ0v) is 9.96. The third kappa shape index (κ3) is 2.08. The van der Waals surface area contributed by atoms with E-state index < -0.39 is 17.4 Å². The smallest absolute Gasteiger partial charge is 0.334 e. The fourth-order valence-electron chi connectivity index (χ4n) is 1.28. The number of rotatable bonds is 3. The molecule has 0 fully saturated rings. The first kappa shape index (κ1) is 13.1. The van der Waals surface area contributed by atoms with Crippen molar-refractivity contribution in [1.29, 1.82) is 0 Å². The number of benzene rings is 1. The molecule has 16 heavy (non-hydrogen) atoms. The maximum atomic E-state index is 13.3. The van der Waals surface area contributed by atoms with Crippen molar-refractivity contribution in [3.05, 3.63) is 34.3 Å². The Kier molecular flexibility index (Phi) is 3.35. The standard InChI is InChI=1S/C10H10BrF2NO2/c1-9(12,13)10(14,8(15)16)6-2-4-7(11)5-3-6/h2-5H,14H2,1H3,(H,15,16). The molecule has 1 atom stereocenters. The Labute approximate surface area is 99.4 Å². The Morgan fingerprint density at radius 3 is 2.12 bits per heavy atom. The van der Waals surface area contributed by atoms with Gasteiger partial charge >= 0.3 is 5.97 Å². The van der Waals surface area contributed by atoms with Gasteiger partial charge in [-0.3, -0.25) is 0 Å². The molecule has 0 spiro atoms. The van der Waals surface area contributed by atoms with Crippen molar-refractivity contribution in [2.24, 2.45) is 5.73 Å². The molecule has 6 heteroatoms. The maximum absolute atomic E-state index is 13.3. The number of carboxylic acids is 1. The Bertz CT molecular complexity index is 402. The third-order valence-electron chi connectivity index (χ3n) is 2.33. The fraction of sp³-hybridized carbons (Fsp3) is 0.300. The zero-order chi connectivity index (χ0) is 12.6. The van der Waals surface area contributed by atoms with E-state index in [1.165, 1.54) is 24.3 Å². The highest BCUT2D eigenvalue weighted by atomic mass is 79.9. The Balaban J connectivity index is 3.34. The molecular weight excluding hydrogens is 284 g/mol. The van der Waals surface area contributed by atoms with Crippen LogP contribution in [-0.4, -0.2) is 17.0 Å². The zero-order valence-electron chi connectivity index (χ0n) is 8.38. The van der Waals surface area contributed by atoms with E-state index in [9.17, 15) is 13.6 Å². The minimum atomic E-state index is -3.56. The second-order valence-electron chi connectivity index (χ2n) is 3.51. The molecule has 0 saturated carbocycles. The third-order valence-corrected chi connectivity index (χ3v) is 2.86. The van der Waals surface area contributed by atoms with E-state index in [1.54, 1.807) is 0 Å². The Morgan fingerprint density at radius 2 is 1.81 bits per heavy atom. The van der Waals surface area contributed by atoms with Crippen molar-refractivity contribution in [1.82, 2.24) is 0 Å². The van der Waals surface area contributed by atoms with Crippen LogP contribution in [0.15, 0.2) is 28.7 Å². The number of aliphatic carboxylic acids is 1. The lowest BCUT2D eigenvalue weighted by Gasteiger charge is -2.31. The summed E-state index contributed by atoms with van der Waals surface area (Å²) in [6.45, 7) is 0.489. The number of nitrogens with two attached hydrogens (primary N) is 1. The van der Waals surface area contributed by atoms with Gasteiger partial charge in [-0.25, -0.2) is 13.6 Å². The molecule has 1 rings (SSSR count). The molecule has 0 saturated heterocycles. The van der Waals surface area contributed by atoms with Crippen LogP contribution < -0.4 is 5.73 Å². The van der Waals surface area contributed by atoms with E-state index in [1.807, 2.05) is 0 Å². The lowest BCUT2D eigenvalue weighted by Crippen LogP contribution is -2.57. The molecule has 0 radical (unpaired) electrons. The normalized spacial score (nSPS) is 15.6. The lowest BCUT2D eigenvalue weighted by atomic mass is 9.85. The topological polar surface area (TPSA) is 63.3 Å². The minimum Gasteiger partial charge on any atom is -0.479 e. The summed E-state index contributed by atoms with van der Waals surface area (Å²) in [6.07, 6.45) is 0. The summed E-state index contributed by atoms with van der Waals surface area (Å²) in [6, 6.07) is 5.45. The van der Waals surface area contributed by atoms with Crippen LogP contribution in [-0.2, 0) is 10.3 Å². The van der Waals surface area contributed by atoms with Crippen molar-refractivity contribution < 1.29 is 18.7 Å². The predicted octanol–water partition coefficient (Wildman–Crippen LogP) is 2.34. The van der Waals surface area contributed by atoms with Crippen LogP contribution >= 0.6 is 15.9 Å². The first-order valence-electron chi connectivity index (χ1n) is 4.35.